The Labute approximate surface area is 154 Å². The van der Waals surface area contributed by atoms with Crippen molar-refractivity contribution in [2.75, 3.05) is 10.0 Å². The third-order valence-corrected chi connectivity index (χ3v) is 5.03. The summed E-state index contributed by atoms with van der Waals surface area (Å²) in [6.07, 6.45) is 0. The molecule has 0 fully saturated rings. The molecule has 0 aliphatic rings. The van der Waals surface area contributed by atoms with Gasteiger partial charge in [0.2, 0.25) is 0 Å². The molecule has 0 aliphatic carbocycles. The van der Waals surface area contributed by atoms with Crippen LogP contribution in [0.15, 0.2) is 77.7 Å². The summed E-state index contributed by atoms with van der Waals surface area (Å²) in [5, 5.41) is 2.58. The fraction of sp³-hybridized carbons (Fsp3) is 0. The monoisotopic (exact) mass is 388 g/mol. The Bertz CT molecular complexity index is 1070. The van der Waals surface area contributed by atoms with Crippen LogP contribution in [0.5, 0.6) is 0 Å². The van der Waals surface area contributed by atoms with Crippen molar-refractivity contribution in [2.45, 2.75) is 4.90 Å². The highest BCUT2D eigenvalue weighted by atomic mass is 32.2. The first-order chi connectivity index (χ1) is 12.8. The molecule has 0 aromatic heterocycles. The molecule has 5 nitrogen and oxygen atoms in total. The molecule has 138 valence electrons. The number of carbonyl (C=O) groups excluding carboxylic acids is 1. The Balaban J connectivity index is 1.73. The standard InChI is InChI=1S/C19H14F2N2O3S/c20-14-7-5-13(6-8-14)19(24)22-15-9-11-16(12-10-15)27(25,26)23-18-4-2-1-3-17(18)21/h1-12,23H,(H,22,24). The third kappa shape index (κ3) is 4.48. The summed E-state index contributed by atoms with van der Waals surface area (Å²) in [5.74, 6) is -1.61. The van der Waals surface area contributed by atoms with E-state index < -0.39 is 27.6 Å². The van der Waals surface area contributed by atoms with Crippen molar-refractivity contribution >= 4 is 27.3 Å². The smallest absolute Gasteiger partial charge is 0.261 e. The lowest BCUT2D eigenvalue weighted by Crippen LogP contribution is -2.15. The van der Waals surface area contributed by atoms with E-state index in [1.807, 2.05) is 0 Å². The van der Waals surface area contributed by atoms with Crippen LogP contribution in [0.3, 0.4) is 0 Å². The van der Waals surface area contributed by atoms with Crippen LogP contribution in [0.2, 0.25) is 0 Å². The van der Waals surface area contributed by atoms with Crippen LogP contribution < -0.4 is 10.0 Å². The fourth-order valence-corrected chi connectivity index (χ4v) is 3.34. The summed E-state index contributed by atoms with van der Waals surface area (Å²) in [7, 11) is -3.98. The number of anilines is 2. The molecule has 0 saturated carbocycles. The summed E-state index contributed by atoms with van der Waals surface area (Å²) in [4.78, 5) is 12.0. The summed E-state index contributed by atoms with van der Waals surface area (Å²) >= 11 is 0. The molecule has 3 aromatic carbocycles. The molecule has 1 amide bonds. The summed E-state index contributed by atoms with van der Waals surface area (Å²) in [6, 6.07) is 15.8. The molecule has 3 aromatic rings. The van der Waals surface area contributed by atoms with Gasteiger partial charge in [-0.15, -0.1) is 0 Å². The SMILES string of the molecule is O=C(Nc1ccc(S(=O)(=O)Nc2ccccc2F)cc1)c1ccc(F)cc1. The zero-order chi connectivity index (χ0) is 19.4. The number of para-hydroxylation sites is 1. The van der Waals surface area contributed by atoms with Crippen molar-refractivity contribution in [1.29, 1.82) is 0 Å². The highest BCUT2D eigenvalue weighted by Gasteiger charge is 2.16. The Hall–Kier alpha value is -3.26. The molecule has 0 bridgehead atoms. The quantitative estimate of drug-likeness (QED) is 0.693. The minimum Gasteiger partial charge on any atom is -0.322 e. The zero-order valence-electron chi connectivity index (χ0n) is 13.8. The number of nitrogens with one attached hydrogen (secondary N) is 2. The van der Waals surface area contributed by atoms with Crippen LogP contribution in [0.1, 0.15) is 10.4 Å². The average molecular weight is 388 g/mol. The molecule has 0 radical (unpaired) electrons. The Morgan fingerprint density at radius 3 is 2.07 bits per heavy atom. The van der Waals surface area contributed by atoms with E-state index in [4.69, 9.17) is 0 Å². The van der Waals surface area contributed by atoms with E-state index in [9.17, 15) is 22.0 Å². The minimum atomic E-state index is -3.98. The van der Waals surface area contributed by atoms with Gasteiger partial charge in [-0.05, 0) is 60.7 Å². The normalized spacial score (nSPS) is 11.0. The van der Waals surface area contributed by atoms with Gasteiger partial charge >= 0.3 is 0 Å². The van der Waals surface area contributed by atoms with Crippen molar-refractivity contribution in [3.05, 3.63) is 90.0 Å². The van der Waals surface area contributed by atoms with E-state index in [1.165, 1.54) is 66.7 Å². The van der Waals surface area contributed by atoms with Crippen LogP contribution in [0.25, 0.3) is 0 Å². The van der Waals surface area contributed by atoms with Gasteiger partial charge in [0.1, 0.15) is 11.6 Å². The largest absolute Gasteiger partial charge is 0.322 e. The van der Waals surface area contributed by atoms with Crippen molar-refractivity contribution in [3.63, 3.8) is 0 Å². The number of rotatable bonds is 5. The summed E-state index contributed by atoms with van der Waals surface area (Å²) in [5.41, 5.74) is 0.453. The van der Waals surface area contributed by atoms with Crippen molar-refractivity contribution in [2.24, 2.45) is 0 Å². The molecule has 0 saturated heterocycles. The number of halogens is 2. The molecule has 27 heavy (non-hydrogen) atoms. The van der Waals surface area contributed by atoms with E-state index in [0.29, 0.717) is 5.69 Å². The molecule has 2 N–H and O–H groups in total. The predicted octanol–water partition coefficient (Wildman–Crippen LogP) is 4.02. The van der Waals surface area contributed by atoms with Gasteiger partial charge in [0, 0.05) is 11.3 Å². The minimum absolute atomic E-state index is 0.0921. The van der Waals surface area contributed by atoms with E-state index in [1.54, 1.807) is 0 Å². The maximum Gasteiger partial charge on any atom is 0.261 e. The molecule has 8 heteroatoms. The van der Waals surface area contributed by atoms with Crippen LogP contribution in [-0.4, -0.2) is 14.3 Å². The highest BCUT2D eigenvalue weighted by molar-refractivity contribution is 7.92. The number of amides is 1. The van der Waals surface area contributed by atoms with Crippen molar-refractivity contribution < 1.29 is 22.0 Å². The topological polar surface area (TPSA) is 75.3 Å². The average Bonchev–Trinajstić information content (AvgIpc) is 2.64. The molecular weight excluding hydrogens is 374 g/mol. The summed E-state index contributed by atoms with van der Waals surface area (Å²) < 4.78 is 53.4. The molecule has 0 unspecified atom stereocenters. The van der Waals surface area contributed by atoms with Gasteiger partial charge in [0.25, 0.3) is 15.9 Å². The van der Waals surface area contributed by atoms with E-state index in [2.05, 4.69) is 10.0 Å². The number of sulfonamides is 1. The Morgan fingerprint density at radius 1 is 0.815 bits per heavy atom. The first kappa shape index (κ1) is 18.5. The number of carbonyl (C=O) groups is 1. The van der Waals surface area contributed by atoms with Crippen LogP contribution in [0, 0.1) is 11.6 Å². The van der Waals surface area contributed by atoms with E-state index in [-0.39, 0.29) is 16.1 Å². The maximum atomic E-state index is 13.6. The maximum absolute atomic E-state index is 13.6. The fourth-order valence-electron chi connectivity index (χ4n) is 2.27. The zero-order valence-corrected chi connectivity index (χ0v) is 14.6. The molecule has 0 spiro atoms. The second-order valence-electron chi connectivity index (χ2n) is 5.57. The first-order valence-corrected chi connectivity index (χ1v) is 9.28. The van der Waals surface area contributed by atoms with Gasteiger partial charge in [-0.1, -0.05) is 12.1 Å². The van der Waals surface area contributed by atoms with E-state index in [0.717, 1.165) is 6.07 Å². The second-order valence-corrected chi connectivity index (χ2v) is 7.25. The van der Waals surface area contributed by atoms with Gasteiger partial charge in [0.05, 0.1) is 10.6 Å². The van der Waals surface area contributed by atoms with E-state index >= 15 is 0 Å². The second kappa shape index (κ2) is 7.55. The highest BCUT2D eigenvalue weighted by Crippen LogP contribution is 2.20. The first-order valence-electron chi connectivity index (χ1n) is 7.79. The van der Waals surface area contributed by atoms with Gasteiger partial charge in [-0.2, -0.15) is 0 Å². The van der Waals surface area contributed by atoms with Gasteiger partial charge < -0.3 is 5.32 Å². The summed E-state index contributed by atoms with van der Waals surface area (Å²) in [6.45, 7) is 0. The van der Waals surface area contributed by atoms with Crippen molar-refractivity contribution in [3.8, 4) is 0 Å². The molecule has 0 atom stereocenters. The predicted molar refractivity (Wildman–Crippen MR) is 98.0 cm³/mol. The van der Waals surface area contributed by atoms with Crippen LogP contribution in [0.4, 0.5) is 20.2 Å². The lowest BCUT2D eigenvalue weighted by molar-refractivity contribution is 0.102. The number of benzene rings is 3. The molecule has 3 rings (SSSR count). The lowest BCUT2D eigenvalue weighted by atomic mass is 10.2. The van der Waals surface area contributed by atoms with Gasteiger partial charge in [0.15, 0.2) is 0 Å². The van der Waals surface area contributed by atoms with Gasteiger partial charge in [-0.25, -0.2) is 17.2 Å². The number of hydrogen-bond donors (Lipinski definition) is 2. The Kier molecular flexibility index (Phi) is 5.18. The lowest BCUT2D eigenvalue weighted by Gasteiger charge is -2.10. The van der Waals surface area contributed by atoms with Crippen LogP contribution in [-0.2, 0) is 10.0 Å². The van der Waals surface area contributed by atoms with Gasteiger partial charge in [-0.3, -0.25) is 9.52 Å². The molecule has 0 aliphatic heterocycles. The Morgan fingerprint density at radius 2 is 1.44 bits per heavy atom. The van der Waals surface area contributed by atoms with Crippen LogP contribution >= 0.6 is 0 Å². The molecular formula is C19H14F2N2O3S. The third-order valence-electron chi connectivity index (χ3n) is 3.65. The van der Waals surface area contributed by atoms with Crippen molar-refractivity contribution in [1.82, 2.24) is 0 Å². The molecule has 0 heterocycles. The number of hydrogen-bond acceptors (Lipinski definition) is 3.